The molecule has 10 heteroatoms. The summed E-state index contributed by atoms with van der Waals surface area (Å²) in [4.78, 5) is 41.8. The third kappa shape index (κ3) is 4.62. The van der Waals surface area contributed by atoms with Crippen LogP contribution in [0.3, 0.4) is 0 Å². The van der Waals surface area contributed by atoms with Crippen molar-refractivity contribution in [2.75, 3.05) is 18.5 Å². The molecule has 1 aromatic heterocycles. The minimum absolute atomic E-state index is 0.00668. The molecule has 2 aliphatic rings. The predicted octanol–water partition coefficient (Wildman–Crippen LogP) is 3.09. The van der Waals surface area contributed by atoms with Gasteiger partial charge in [0.2, 0.25) is 5.91 Å². The third-order valence-corrected chi connectivity index (χ3v) is 7.13. The highest BCUT2D eigenvalue weighted by atomic mass is 32.1. The number of aliphatic hydroxyl groups is 1. The van der Waals surface area contributed by atoms with Gasteiger partial charge in [0.25, 0.3) is 0 Å². The zero-order valence-corrected chi connectivity index (χ0v) is 19.4. The Morgan fingerprint density at radius 2 is 1.74 bits per heavy atom. The van der Waals surface area contributed by atoms with Gasteiger partial charge in [0, 0.05) is 24.3 Å². The van der Waals surface area contributed by atoms with E-state index in [0.717, 1.165) is 38.5 Å². The number of hydrogen-bond donors (Lipinski definition) is 3. The molecule has 0 unspecified atom stereocenters. The van der Waals surface area contributed by atoms with Crippen molar-refractivity contribution in [3.8, 4) is 11.1 Å². The maximum Gasteiger partial charge on any atom is 0.413 e. The van der Waals surface area contributed by atoms with Crippen LogP contribution in [0.5, 0.6) is 0 Å². The Morgan fingerprint density at radius 3 is 2.40 bits per heavy atom. The van der Waals surface area contributed by atoms with Crippen molar-refractivity contribution in [2.45, 2.75) is 30.9 Å². The number of nitrogens with zero attached hydrogens (tertiary/aromatic N) is 2. The lowest BCUT2D eigenvalue weighted by atomic mass is 9.98. The van der Waals surface area contributed by atoms with Crippen molar-refractivity contribution >= 4 is 34.4 Å². The van der Waals surface area contributed by atoms with E-state index < -0.39 is 30.1 Å². The van der Waals surface area contributed by atoms with Crippen LogP contribution in [-0.4, -0.2) is 63.4 Å². The van der Waals surface area contributed by atoms with E-state index in [0.29, 0.717) is 5.69 Å². The molecule has 0 saturated carbocycles. The number of carbonyl (C=O) groups is 3. The number of ether oxygens (including phenoxy) is 1. The van der Waals surface area contributed by atoms with E-state index in [1.54, 1.807) is 5.38 Å². The lowest BCUT2D eigenvalue weighted by Gasteiger charge is -2.20. The first-order valence-corrected chi connectivity index (χ1v) is 12.1. The van der Waals surface area contributed by atoms with Crippen LogP contribution in [0.4, 0.5) is 9.93 Å². The van der Waals surface area contributed by atoms with E-state index in [9.17, 15) is 24.6 Å². The van der Waals surface area contributed by atoms with Crippen LogP contribution in [0.15, 0.2) is 53.9 Å². The Kier molecular flexibility index (Phi) is 6.23. The number of β-amino-alcohol motifs (C(OH)–C–C–N with tert-alkyl or cyclic N) is 1. The molecule has 0 radical (unpaired) electrons. The molecule has 0 bridgehead atoms. The number of fused-ring (bicyclic) bond motifs is 3. The van der Waals surface area contributed by atoms with Gasteiger partial charge >= 0.3 is 12.1 Å². The summed E-state index contributed by atoms with van der Waals surface area (Å²) in [5, 5.41) is 23.5. The number of anilines is 1. The van der Waals surface area contributed by atoms with Gasteiger partial charge in [0.05, 0.1) is 18.2 Å². The topological polar surface area (TPSA) is 129 Å². The lowest BCUT2D eigenvalue weighted by molar-refractivity contribution is -0.148. The molecule has 1 aliphatic heterocycles. The fraction of sp³-hybridized carbons (Fsp3) is 0.280. The van der Waals surface area contributed by atoms with Crippen molar-refractivity contribution in [3.05, 3.63) is 70.7 Å². The van der Waals surface area contributed by atoms with E-state index in [4.69, 9.17) is 4.74 Å². The van der Waals surface area contributed by atoms with Crippen LogP contribution in [0.25, 0.3) is 11.1 Å². The largest absolute Gasteiger partial charge is 0.480 e. The molecule has 3 N–H and O–H groups in total. The van der Waals surface area contributed by atoms with Crippen molar-refractivity contribution < 1.29 is 29.3 Å². The number of aliphatic hydroxyl groups excluding tert-OH is 1. The highest BCUT2D eigenvalue weighted by molar-refractivity contribution is 7.13. The molecule has 5 rings (SSSR count). The van der Waals surface area contributed by atoms with Gasteiger partial charge in [-0.2, -0.15) is 0 Å². The molecule has 9 nitrogen and oxygen atoms in total. The Hall–Kier alpha value is -3.76. The summed E-state index contributed by atoms with van der Waals surface area (Å²) >= 11 is 1.15. The number of carbonyl (C=O) groups excluding carboxylic acids is 2. The summed E-state index contributed by atoms with van der Waals surface area (Å²) in [5.41, 5.74) is 4.91. The average molecular weight is 494 g/mol. The molecule has 1 saturated heterocycles. The second-order valence-electron chi connectivity index (χ2n) is 8.56. The second-order valence-corrected chi connectivity index (χ2v) is 9.42. The standard InChI is InChI=1S/C25H23N3O6S/c29-15-10-21(23(31)32)28(11-15)22(30)9-14-13-35-24(26-14)27-25(33)34-12-20-18-7-3-1-5-16(18)17-6-2-4-8-19(17)20/h1-8,13,15,20-21,29H,9-12H2,(H,31,32)(H,26,27,33)/t15-,21-/m0/s1. The van der Waals surface area contributed by atoms with E-state index >= 15 is 0 Å². The average Bonchev–Trinajstić information content (AvgIpc) is 3.53. The first kappa shape index (κ1) is 23.0. The molecule has 1 fully saturated rings. The van der Waals surface area contributed by atoms with Gasteiger partial charge in [-0.3, -0.25) is 10.1 Å². The van der Waals surface area contributed by atoms with Crippen molar-refractivity contribution in [1.82, 2.24) is 9.88 Å². The van der Waals surface area contributed by atoms with E-state index in [1.807, 2.05) is 36.4 Å². The molecule has 2 atom stereocenters. The van der Waals surface area contributed by atoms with Gasteiger partial charge < -0.3 is 19.8 Å². The number of carboxylic acid groups (broad SMARTS) is 1. The molecule has 2 aromatic carbocycles. The quantitative estimate of drug-likeness (QED) is 0.481. The fourth-order valence-electron chi connectivity index (χ4n) is 4.75. The summed E-state index contributed by atoms with van der Waals surface area (Å²) < 4.78 is 5.52. The zero-order valence-electron chi connectivity index (χ0n) is 18.6. The number of benzene rings is 2. The number of nitrogens with one attached hydrogen (secondary N) is 1. The number of amides is 2. The maximum absolute atomic E-state index is 12.6. The minimum atomic E-state index is -1.15. The molecule has 2 amide bonds. The van der Waals surface area contributed by atoms with E-state index in [2.05, 4.69) is 22.4 Å². The van der Waals surface area contributed by atoms with Crippen LogP contribution in [-0.2, 0) is 20.7 Å². The van der Waals surface area contributed by atoms with Crippen LogP contribution < -0.4 is 5.32 Å². The van der Waals surface area contributed by atoms with Crippen LogP contribution >= 0.6 is 11.3 Å². The summed E-state index contributed by atoms with van der Waals surface area (Å²) in [6, 6.07) is 15.1. The third-order valence-electron chi connectivity index (χ3n) is 6.32. The van der Waals surface area contributed by atoms with Gasteiger partial charge in [0.15, 0.2) is 5.13 Å². The van der Waals surface area contributed by atoms with Crippen molar-refractivity contribution in [1.29, 1.82) is 0 Å². The molecule has 1 aliphatic carbocycles. The predicted molar refractivity (Wildman–Crippen MR) is 128 cm³/mol. The Morgan fingerprint density at radius 1 is 1.09 bits per heavy atom. The SMILES string of the molecule is O=C(Nc1nc(CC(=O)N2C[C@@H](O)C[C@H]2C(=O)O)cs1)OCC1c2ccccc2-c2ccccc21. The smallest absolute Gasteiger partial charge is 0.413 e. The van der Waals surface area contributed by atoms with Gasteiger partial charge in [0.1, 0.15) is 12.6 Å². The lowest BCUT2D eigenvalue weighted by Crippen LogP contribution is -2.41. The van der Waals surface area contributed by atoms with Crippen molar-refractivity contribution in [3.63, 3.8) is 0 Å². The number of aliphatic carboxylic acids is 1. The fourth-order valence-corrected chi connectivity index (χ4v) is 5.44. The monoisotopic (exact) mass is 493 g/mol. The summed E-state index contributed by atoms with van der Waals surface area (Å²) in [6.07, 6.45) is -1.62. The number of rotatable bonds is 6. The van der Waals surface area contributed by atoms with Gasteiger partial charge in [-0.05, 0) is 22.3 Å². The van der Waals surface area contributed by atoms with E-state index in [-0.39, 0.29) is 37.0 Å². The maximum atomic E-state index is 12.6. The second kappa shape index (κ2) is 9.47. The first-order valence-electron chi connectivity index (χ1n) is 11.2. The number of likely N-dealkylation sites (tertiary alicyclic amines) is 1. The van der Waals surface area contributed by atoms with E-state index in [1.165, 1.54) is 0 Å². The van der Waals surface area contributed by atoms with Gasteiger partial charge in [-0.25, -0.2) is 14.6 Å². The molecule has 180 valence electrons. The van der Waals surface area contributed by atoms with Crippen LogP contribution in [0.1, 0.15) is 29.2 Å². The minimum Gasteiger partial charge on any atom is -0.480 e. The molecule has 2 heterocycles. The Bertz CT molecular complexity index is 1250. The van der Waals surface area contributed by atoms with Crippen LogP contribution in [0.2, 0.25) is 0 Å². The van der Waals surface area contributed by atoms with Gasteiger partial charge in [-0.1, -0.05) is 48.5 Å². The highest BCUT2D eigenvalue weighted by Crippen LogP contribution is 2.44. The summed E-state index contributed by atoms with van der Waals surface area (Å²) in [6.45, 7) is 0.148. The molecular weight excluding hydrogens is 470 g/mol. The summed E-state index contributed by atoms with van der Waals surface area (Å²) in [5.74, 6) is -1.65. The number of carboxylic acids is 1. The molecule has 35 heavy (non-hydrogen) atoms. The molecule has 3 aromatic rings. The van der Waals surface area contributed by atoms with Crippen molar-refractivity contribution in [2.24, 2.45) is 0 Å². The Balaban J connectivity index is 1.18. The number of thiazole rings is 1. The number of hydrogen-bond acceptors (Lipinski definition) is 7. The normalized spacial score (nSPS) is 18.7. The summed E-state index contributed by atoms with van der Waals surface area (Å²) in [7, 11) is 0. The Labute approximate surface area is 205 Å². The first-order chi connectivity index (χ1) is 16.9. The number of aromatic nitrogens is 1. The molecular formula is C25H23N3O6S. The zero-order chi connectivity index (χ0) is 24.5. The molecule has 0 spiro atoms. The van der Waals surface area contributed by atoms with Crippen LogP contribution in [0, 0.1) is 0 Å². The highest BCUT2D eigenvalue weighted by Gasteiger charge is 2.39. The van der Waals surface area contributed by atoms with Gasteiger partial charge in [-0.15, -0.1) is 11.3 Å².